The fourth-order valence-corrected chi connectivity index (χ4v) is 2.95. The Kier molecular flexibility index (Phi) is 6.80. The Morgan fingerprint density at radius 2 is 1.80 bits per heavy atom. The van der Waals surface area contributed by atoms with Crippen molar-refractivity contribution in [2.45, 2.75) is 83.3 Å². The zero-order valence-corrected chi connectivity index (χ0v) is 13.7. The summed E-state index contributed by atoms with van der Waals surface area (Å²) < 4.78 is 5.43. The average Bonchev–Trinajstić information content (AvgIpc) is 2.33. The minimum absolute atomic E-state index is 0.0334. The Bertz CT molecular complexity index is 291. The largest absolute Gasteiger partial charge is 0.444 e. The van der Waals surface area contributed by atoms with Gasteiger partial charge in [0, 0.05) is 5.54 Å². The number of hydrogen-bond donors (Lipinski definition) is 2. The van der Waals surface area contributed by atoms with Crippen LogP contribution in [0.3, 0.4) is 0 Å². The van der Waals surface area contributed by atoms with E-state index in [4.69, 9.17) is 4.74 Å². The van der Waals surface area contributed by atoms with Crippen LogP contribution < -0.4 is 10.6 Å². The number of rotatable bonds is 6. The van der Waals surface area contributed by atoms with E-state index in [9.17, 15) is 4.79 Å². The molecule has 0 unspecified atom stereocenters. The predicted octanol–water partition coefficient (Wildman–Crippen LogP) is 3.60. The maximum Gasteiger partial charge on any atom is 0.408 e. The fraction of sp³-hybridized carbons (Fsp3) is 0.938. The molecule has 0 saturated heterocycles. The Labute approximate surface area is 124 Å². The third-order valence-electron chi connectivity index (χ3n) is 3.91. The first-order chi connectivity index (χ1) is 9.37. The molecule has 20 heavy (non-hydrogen) atoms. The van der Waals surface area contributed by atoms with E-state index in [1.165, 1.54) is 19.3 Å². The minimum Gasteiger partial charge on any atom is -0.444 e. The number of ether oxygens (including phenoxy) is 1. The van der Waals surface area contributed by atoms with Crippen molar-refractivity contribution in [2.75, 3.05) is 13.6 Å². The topological polar surface area (TPSA) is 50.4 Å². The third kappa shape index (κ3) is 6.60. The monoisotopic (exact) mass is 284 g/mol. The normalized spacial score (nSPS) is 18.6. The minimum atomic E-state index is -0.425. The molecule has 1 fully saturated rings. The smallest absolute Gasteiger partial charge is 0.408 e. The molecule has 0 atom stereocenters. The summed E-state index contributed by atoms with van der Waals surface area (Å²) in [5.74, 6) is 0. The molecule has 2 N–H and O–H groups in total. The van der Waals surface area contributed by atoms with Crippen LogP contribution in [-0.2, 0) is 4.74 Å². The number of alkyl carbamates (subject to hydrolysis) is 1. The summed E-state index contributed by atoms with van der Waals surface area (Å²) in [5.41, 5.74) is -0.458. The highest BCUT2D eigenvalue weighted by atomic mass is 16.6. The van der Waals surface area contributed by atoms with Crippen molar-refractivity contribution in [3.05, 3.63) is 0 Å². The fourth-order valence-electron chi connectivity index (χ4n) is 2.95. The van der Waals surface area contributed by atoms with Crippen LogP contribution in [0.5, 0.6) is 0 Å². The summed E-state index contributed by atoms with van der Waals surface area (Å²) in [6.07, 6.45) is 9.00. The van der Waals surface area contributed by atoms with Crippen LogP contribution in [0.1, 0.15) is 72.1 Å². The summed E-state index contributed by atoms with van der Waals surface area (Å²) in [4.78, 5) is 12.1. The van der Waals surface area contributed by atoms with Gasteiger partial charge in [0.25, 0.3) is 0 Å². The molecule has 1 aliphatic rings. The Morgan fingerprint density at radius 1 is 1.15 bits per heavy atom. The maximum absolute atomic E-state index is 12.1. The molecule has 118 valence electrons. The highest BCUT2D eigenvalue weighted by molar-refractivity contribution is 5.68. The SMILES string of the molecule is CNCCCCC1(NC(=O)OC(C)(C)C)CCCCC1. The van der Waals surface area contributed by atoms with Crippen molar-refractivity contribution in [3.63, 3.8) is 0 Å². The van der Waals surface area contributed by atoms with E-state index in [1.807, 2.05) is 27.8 Å². The van der Waals surface area contributed by atoms with Crippen LogP contribution in [0.25, 0.3) is 0 Å². The van der Waals surface area contributed by atoms with Crippen molar-refractivity contribution in [1.82, 2.24) is 10.6 Å². The van der Waals surface area contributed by atoms with Crippen molar-refractivity contribution in [3.8, 4) is 0 Å². The molecule has 0 aromatic rings. The van der Waals surface area contributed by atoms with Gasteiger partial charge in [0.05, 0.1) is 0 Å². The Balaban J connectivity index is 2.52. The van der Waals surface area contributed by atoms with Gasteiger partial charge in [-0.3, -0.25) is 0 Å². The van der Waals surface area contributed by atoms with Crippen LogP contribution in [0, 0.1) is 0 Å². The highest BCUT2D eigenvalue weighted by Gasteiger charge is 2.34. The molecule has 0 spiro atoms. The lowest BCUT2D eigenvalue weighted by molar-refractivity contribution is 0.0413. The standard InChI is InChI=1S/C16H32N2O2/c1-15(2,3)20-14(19)18-16(10-6-5-7-11-16)12-8-9-13-17-4/h17H,5-13H2,1-4H3,(H,18,19). The first kappa shape index (κ1) is 17.3. The average molecular weight is 284 g/mol. The van der Waals surface area contributed by atoms with Gasteiger partial charge in [0.1, 0.15) is 5.60 Å². The number of nitrogens with one attached hydrogen (secondary N) is 2. The lowest BCUT2D eigenvalue weighted by Gasteiger charge is -2.38. The van der Waals surface area contributed by atoms with Crippen LogP contribution in [0.4, 0.5) is 4.79 Å². The summed E-state index contributed by atoms with van der Waals surface area (Å²) in [6.45, 7) is 6.77. The van der Waals surface area contributed by atoms with E-state index in [2.05, 4.69) is 10.6 Å². The zero-order chi connectivity index (χ0) is 15.1. The van der Waals surface area contributed by atoms with Crippen LogP contribution in [0.15, 0.2) is 0 Å². The number of unbranched alkanes of at least 4 members (excludes halogenated alkanes) is 1. The molecule has 4 nitrogen and oxygen atoms in total. The number of hydrogen-bond acceptors (Lipinski definition) is 3. The molecule has 1 saturated carbocycles. The van der Waals surface area contributed by atoms with Gasteiger partial charge in [0.2, 0.25) is 0 Å². The van der Waals surface area contributed by atoms with Crippen molar-refractivity contribution < 1.29 is 9.53 Å². The predicted molar refractivity (Wildman–Crippen MR) is 83.0 cm³/mol. The van der Waals surface area contributed by atoms with Gasteiger partial charge in [0.15, 0.2) is 0 Å². The molecule has 1 rings (SSSR count). The Morgan fingerprint density at radius 3 is 2.35 bits per heavy atom. The summed E-state index contributed by atoms with van der Waals surface area (Å²) in [6, 6.07) is 0. The molecular formula is C16H32N2O2. The molecule has 0 heterocycles. The first-order valence-electron chi connectivity index (χ1n) is 8.03. The third-order valence-corrected chi connectivity index (χ3v) is 3.91. The molecule has 1 amide bonds. The van der Waals surface area contributed by atoms with Crippen LogP contribution in [0.2, 0.25) is 0 Å². The molecule has 0 aromatic carbocycles. The number of carbonyl (C=O) groups excluding carboxylic acids is 1. The lowest BCUT2D eigenvalue weighted by atomic mass is 9.78. The Hall–Kier alpha value is -0.770. The molecular weight excluding hydrogens is 252 g/mol. The highest BCUT2D eigenvalue weighted by Crippen LogP contribution is 2.32. The first-order valence-corrected chi connectivity index (χ1v) is 8.03. The number of carbonyl (C=O) groups is 1. The lowest BCUT2D eigenvalue weighted by Crippen LogP contribution is -2.51. The van der Waals surface area contributed by atoms with Crippen LogP contribution in [-0.4, -0.2) is 30.8 Å². The van der Waals surface area contributed by atoms with Gasteiger partial charge < -0.3 is 15.4 Å². The summed E-state index contributed by atoms with van der Waals surface area (Å²) in [7, 11) is 1.98. The molecule has 0 aliphatic heterocycles. The van der Waals surface area contributed by atoms with E-state index in [1.54, 1.807) is 0 Å². The van der Waals surface area contributed by atoms with Gasteiger partial charge in [-0.05, 0) is 66.5 Å². The molecule has 0 aromatic heterocycles. The van der Waals surface area contributed by atoms with Gasteiger partial charge in [-0.25, -0.2) is 4.79 Å². The van der Waals surface area contributed by atoms with E-state index in [-0.39, 0.29) is 11.6 Å². The van der Waals surface area contributed by atoms with Crippen molar-refractivity contribution in [2.24, 2.45) is 0 Å². The van der Waals surface area contributed by atoms with Gasteiger partial charge >= 0.3 is 6.09 Å². The molecule has 4 heteroatoms. The second kappa shape index (κ2) is 7.87. The quantitative estimate of drug-likeness (QED) is 0.733. The molecule has 0 bridgehead atoms. The van der Waals surface area contributed by atoms with E-state index >= 15 is 0 Å². The van der Waals surface area contributed by atoms with E-state index < -0.39 is 5.60 Å². The maximum atomic E-state index is 12.1. The van der Waals surface area contributed by atoms with Crippen LogP contribution >= 0.6 is 0 Å². The summed E-state index contributed by atoms with van der Waals surface area (Å²) in [5, 5.41) is 6.36. The second-order valence-corrected chi connectivity index (χ2v) is 7.03. The second-order valence-electron chi connectivity index (χ2n) is 7.03. The van der Waals surface area contributed by atoms with E-state index in [0.717, 1.165) is 38.6 Å². The molecule has 0 radical (unpaired) electrons. The van der Waals surface area contributed by atoms with Gasteiger partial charge in [-0.1, -0.05) is 19.3 Å². The zero-order valence-electron chi connectivity index (χ0n) is 13.7. The van der Waals surface area contributed by atoms with Gasteiger partial charge in [-0.15, -0.1) is 0 Å². The number of amides is 1. The molecule has 1 aliphatic carbocycles. The van der Waals surface area contributed by atoms with Crippen molar-refractivity contribution in [1.29, 1.82) is 0 Å². The van der Waals surface area contributed by atoms with Crippen molar-refractivity contribution >= 4 is 6.09 Å². The van der Waals surface area contributed by atoms with E-state index in [0.29, 0.717) is 0 Å². The summed E-state index contributed by atoms with van der Waals surface area (Å²) >= 11 is 0. The van der Waals surface area contributed by atoms with Gasteiger partial charge in [-0.2, -0.15) is 0 Å².